The summed E-state index contributed by atoms with van der Waals surface area (Å²) in [5.74, 6) is -0.391. The second-order valence-corrected chi connectivity index (χ2v) is 4.24. The van der Waals surface area contributed by atoms with Gasteiger partial charge in [-0.15, -0.1) is 12.4 Å². The number of nitrogens with zero attached hydrogens (tertiary/aromatic N) is 1. The Hall–Kier alpha value is -0.810. The highest BCUT2D eigenvalue weighted by molar-refractivity contribution is 5.85. The normalized spacial score (nSPS) is 15.7. The van der Waals surface area contributed by atoms with Gasteiger partial charge in [-0.3, -0.25) is 9.59 Å². The highest BCUT2D eigenvalue weighted by Crippen LogP contribution is 2.27. The van der Waals surface area contributed by atoms with Crippen molar-refractivity contribution in [1.29, 1.82) is 0 Å². The third kappa shape index (κ3) is 5.89. The summed E-state index contributed by atoms with van der Waals surface area (Å²) in [5, 5.41) is 0. The first-order chi connectivity index (χ1) is 7.54. The van der Waals surface area contributed by atoms with Crippen LogP contribution >= 0.6 is 12.4 Å². The number of hydrogen-bond donors (Lipinski definition) is 1. The third-order valence-electron chi connectivity index (χ3n) is 2.41. The van der Waals surface area contributed by atoms with Crippen LogP contribution in [-0.2, 0) is 14.3 Å². The lowest BCUT2D eigenvalue weighted by molar-refractivity contribution is -0.149. The Kier molecular flexibility index (Phi) is 7.15. The predicted octanol–water partition coefficient (Wildman–Crippen LogP) is 0.700. The van der Waals surface area contributed by atoms with Crippen LogP contribution < -0.4 is 5.73 Å². The Morgan fingerprint density at radius 3 is 2.47 bits per heavy atom. The quantitative estimate of drug-likeness (QED) is 0.717. The van der Waals surface area contributed by atoms with Gasteiger partial charge in [0.2, 0.25) is 5.91 Å². The molecule has 0 heterocycles. The summed E-state index contributed by atoms with van der Waals surface area (Å²) in [4.78, 5) is 24.7. The maximum absolute atomic E-state index is 11.8. The van der Waals surface area contributed by atoms with E-state index in [9.17, 15) is 9.59 Å². The van der Waals surface area contributed by atoms with Crippen molar-refractivity contribution in [3.8, 4) is 0 Å². The third-order valence-corrected chi connectivity index (χ3v) is 2.41. The van der Waals surface area contributed by atoms with Crippen LogP contribution in [0.5, 0.6) is 0 Å². The van der Waals surface area contributed by atoms with Gasteiger partial charge in [0, 0.05) is 18.5 Å². The zero-order valence-electron chi connectivity index (χ0n) is 10.3. The van der Waals surface area contributed by atoms with Crippen LogP contribution in [0.1, 0.15) is 33.1 Å². The minimum absolute atomic E-state index is 0. The Bertz CT molecular complexity index is 267. The fourth-order valence-electron chi connectivity index (χ4n) is 1.55. The summed E-state index contributed by atoms with van der Waals surface area (Å²) < 4.78 is 4.84. The van der Waals surface area contributed by atoms with Gasteiger partial charge >= 0.3 is 5.97 Å². The largest absolute Gasteiger partial charge is 0.465 e. The molecule has 1 saturated carbocycles. The molecular formula is C11H21ClN2O3. The fraction of sp³-hybridized carbons (Fsp3) is 0.818. The van der Waals surface area contributed by atoms with Crippen LogP contribution in [0.15, 0.2) is 0 Å². The van der Waals surface area contributed by atoms with Gasteiger partial charge < -0.3 is 15.4 Å². The lowest BCUT2D eigenvalue weighted by Gasteiger charge is -2.22. The Labute approximate surface area is 108 Å². The van der Waals surface area contributed by atoms with Crippen molar-refractivity contribution in [3.05, 3.63) is 0 Å². The molecule has 5 nitrogen and oxygen atoms in total. The molecule has 0 aliphatic heterocycles. The van der Waals surface area contributed by atoms with Gasteiger partial charge in [-0.2, -0.15) is 0 Å². The van der Waals surface area contributed by atoms with Gasteiger partial charge in [-0.25, -0.2) is 0 Å². The van der Waals surface area contributed by atoms with Gasteiger partial charge in [0.05, 0.1) is 6.61 Å². The van der Waals surface area contributed by atoms with E-state index >= 15 is 0 Å². The van der Waals surface area contributed by atoms with Crippen molar-refractivity contribution in [3.63, 3.8) is 0 Å². The molecule has 1 atom stereocenters. The zero-order valence-corrected chi connectivity index (χ0v) is 11.2. The number of halogens is 1. The van der Waals surface area contributed by atoms with Crippen molar-refractivity contribution >= 4 is 24.3 Å². The van der Waals surface area contributed by atoms with E-state index in [-0.39, 0.29) is 49.3 Å². The summed E-state index contributed by atoms with van der Waals surface area (Å²) in [7, 11) is 0. The Balaban J connectivity index is 0.00000256. The molecule has 17 heavy (non-hydrogen) atoms. The van der Waals surface area contributed by atoms with Crippen LogP contribution in [0, 0.1) is 0 Å². The number of nitrogens with two attached hydrogens (primary N) is 1. The molecule has 0 aromatic rings. The number of carbonyl (C=O) groups excluding carboxylic acids is 2. The van der Waals surface area contributed by atoms with Crippen LogP contribution in [0.4, 0.5) is 0 Å². The van der Waals surface area contributed by atoms with Crippen LogP contribution in [0.25, 0.3) is 0 Å². The average molecular weight is 265 g/mol. The molecule has 0 radical (unpaired) electrons. The number of esters is 1. The zero-order chi connectivity index (χ0) is 12.1. The van der Waals surface area contributed by atoms with Crippen molar-refractivity contribution < 1.29 is 14.3 Å². The monoisotopic (exact) mass is 264 g/mol. The Morgan fingerprint density at radius 2 is 2.06 bits per heavy atom. The summed E-state index contributed by atoms with van der Waals surface area (Å²) in [6.45, 7) is 3.94. The lowest BCUT2D eigenvalue weighted by Crippen LogP contribution is -2.40. The highest BCUT2D eigenvalue weighted by Gasteiger charge is 2.34. The van der Waals surface area contributed by atoms with Crippen molar-refractivity contribution in [2.24, 2.45) is 5.73 Å². The Morgan fingerprint density at radius 1 is 1.47 bits per heavy atom. The topological polar surface area (TPSA) is 72.6 Å². The SMILES string of the molecule is CCOC(=O)CN(C(=O)CC(C)N)C1CC1.Cl. The first-order valence-corrected chi connectivity index (χ1v) is 5.75. The molecule has 0 saturated heterocycles. The van der Waals surface area contributed by atoms with E-state index < -0.39 is 0 Å². The van der Waals surface area contributed by atoms with E-state index in [4.69, 9.17) is 10.5 Å². The first kappa shape index (κ1) is 16.2. The molecule has 0 spiro atoms. The summed E-state index contributed by atoms with van der Waals surface area (Å²) in [5.41, 5.74) is 5.58. The van der Waals surface area contributed by atoms with E-state index in [0.29, 0.717) is 6.61 Å². The summed E-state index contributed by atoms with van der Waals surface area (Å²) in [6, 6.07) is 0.0478. The lowest BCUT2D eigenvalue weighted by atomic mass is 10.2. The molecule has 100 valence electrons. The molecule has 1 fully saturated rings. The van der Waals surface area contributed by atoms with Crippen LogP contribution in [0.2, 0.25) is 0 Å². The molecule has 1 rings (SSSR count). The number of hydrogen-bond acceptors (Lipinski definition) is 4. The number of rotatable bonds is 6. The van der Waals surface area contributed by atoms with E-state index in [2.05, 4.69) is 0 Å². The van der Waals surface area contributed by atoms with Crippen molar-refractivity contribution in [2.75, 3.05) is 13.2 Å². The van der Waals surface area contributed by atoms with E-state index in [0.717, 1.165) is 12.8 Å². The van der Waals surface area contributed by atoms with E-state index in [1.54, 1.807) is 18.7 Å². The fourth-order valence-corrected chi connectivity index (χ4v) is 1.55. The molecule has 2 N–H and O–H groups in total. The number of ether oxygens (including phenoxy) is 1. The molecule has 6 heteroatoms. The summed E-state index contributed by atoms with van der Waals surface area (Å²) >= 11 is 0. The second-order valence-electron chi connectivity index (χ2n) is 4.24. The maximum Gasteiger partial charge on any atom is 0.325 e. The van der Waals surface area contributed by atoms with Crippen LogP contribution in [0.3, 0.4) is 0 Å². The van der Waals surface area contributed by atoms with Crippen LogP contribution in [-0.4, -0.2) is 42.0 Å². The molecule has 1 aliphatic rings. The predicted molar refractivity (Wildman–Crippen MR) is 66.9 cm³/mol. The average Bonchev–Trinajstić information content (AvgIpc) is 2.96. The smallest absolute Gasteiger partial charge is 0.325 e. The highest BCUT2D eigenvalue weighted by atomic mass is 35.5. The molecule has 1 unspecified atom stereocenters. The molecule has 0 aromatic heterocycles. The summed E-state index contributed by atoms with van der Waals surface area (Å²) in [6.07, 6.45) is 2.24. The standard InChI is InChI=1S/C11H20N2O3.ClH/c1-3-16-11(15)7-13(9-4-5-9)10(14)6-8(2)12;/h8-9H,3-7,12H2,1-2H3;1H. The van der Waals surface area contributed by atoms with E-state index in [1.165, 1.54) is 0 Å². The van der Waals surface area contributed by atoms with Gasteiger partial charge in [0.25, 0.3) is 0 Å². The van der Waals surface area contributed by atoms with Gasteiger partial charge in [0.1, 0.15) is 6.54 Å². The first-order valence-electron chi connectivity index (χ1n) is 5.75. The molecule has 1 amide bonds. The molecule has 1 aliphatic carbocycles. The van der Waals surface area contributed by atoms with Gasteiger partial charge in [0.15, 0.2) is 0 Å². The second kappa shape index (κ2) is 7.50. The number of amides is 1. The number of carbonyl (C=O) groups is 2. The molecule has 0 bridgehead atoms. The minimum atomic E-state index is -0.340. The van der Waals surface area contributed by atoms with Gasteiger partial charge in [-0.1, -0.05) is 0 Å². The van der Waals surface area contributed by atoms with Gasteiger partial charge in [-0.05, 0) is 26.7 Å². The van der Waals surface area contributed by atoms with E-state index in [1.807, 2.05) is 0 Å². The minimum Gasteiger partial charge on any atom is -0.465 e. The molecular weight excluding hydrogens is 244 g/mol. The van der Waals surface area contributed by atoms with Crippen molar-refractivity contribution in [1.82, 2.24) is 4.90 Å². The maximum atomic E-state index is 11.8. The molecule has 0 aromatic carbocycles. The van der Waals surface area contributed by atoms with Crippen molar-refractivity contribution in [2.45, 2.75) is 45.2 Å².